The molecule has 1 aromatic heterocycles. The second-order valence-corrected chi connectivity index (χ2v) is 6.14. The van der Waals surface area contributed by atoms with Crippen molar-refractivity contribution < 1.29 is 4.79 Å². The molecular weight excluding hydrogens is 256 g/mol. The zero-order chi connectivity index (χ0) is 13.2. The van der Waals surface area contributed by atoms with Crippen molar-refractivity contribution in [2.75, 3.05) is 11.9 Å². The Morgan fingerprint density at radius 3 is 3.11 bits per heavy atom. The first kappa shape index (κ1) is 12.6. The van der Waals surface area contributed by atoms with Gasteiger partial charge in [0.15, 0.2) is 0 Å². The van der Waals surface area contributed by atoms with E-state index >= 15 is 0 Å². The molecule has 0 aliphatic heterocycles. The first-order valence-corrected chi connectivity index (χ1v) is 7.64. The highest BCUT2D eigenvalue weighted by molar-refractivity contribution is 7.17. The van der Waals surface area contributed by atoms with Crippen LogP contribution >= 0.6 is 11.3 Å². The molecule has 1 heterocycles. The average Bonchev–Trinajstić information content (AvgIpc) is 3.06. The maximum Gasteiger partial charge on any atom is 0.227 e. The van der Waals surface area contributed by atoms with Crippen LogP contribution in [0.3, 0.4) is 0 Å². The lowest BCUT2D eigenvalue weighted by Gasteiger charge is -2.17. The highest BCUT2D eigenvalue weighted by atomic mass is 32.1. The first-order chi connectivity index (χ1) is 9.28. The third-order valence-electron chi connectivity index (χ3n) is 4.02. The smallest absolute Gasteiger partial charge is 0.227 e. The van der Waals surface area contributed by atoms with E-state index in [-0.39, 0.29) is 11.8 Å². The number of hydrogen-bond donors (Lipinski definition) is 2. The maximum atomic E-state index is 12.3. The third-order valence-corrected chi connectivity index (χ3v) is 4.92. The summed E-state index contributed by atoms with van der Waals surface area (Å²) in [6.45, 7) is 0.613. The molecule has 3 rings (SSSR count). The van der Waals surface area contributed by atoms with Crippen molar-refractivity contribution in [2.45, 2.75) is 19.3 Å². The fourth-order valence-electron chi connectivity index (χ4n) is 2.94. The van der Waals surface area contributed by atoms with Gasteiger partial charge in [0.05, 0.1) is 0 Å². The zero-order valence-corrected chi connectivity index (χ0v) is 11.6. The van der Waals surface area contributed by atoms with Crippen molar-refractivity contribution in [3.8, 4) is 0 Å². The Morgan fingerprint density at radius 1 is 1.37 bits per heavy atom. The third kappa shape index (κ3) is 2.51. The number of amides is 1. The summed E-state index contributed by atoms with van der Waals surface area (Å²) in [6, 6.07) is 8.15. The highest BCUT2D eigenvalue weighted by Crippen LogP contribution is 2.32. The second kappa shape index (κ2) is 5.31. The van der Waals surface area contributed by atoms with Gasteiger partial charge in [0.2, 0.25) is 5.91 Å². The quantitative estimate of drug-likeness (QED) is 0.903. The van der Waals surface area contributed by atoms with Gasteiger partial charge in [-0.15, -0.1) is 11.3 Å². The normalized spacial score (nSPS) is 22.8. The summed E-state index contributed by atoms with van der Waals surface area (Å²) in [5.74, 6) is 0.565. The summed E-state index contributed by atoms with van der Waals surface area (Å²) in [4.78, 5) is 12.3. The topological polar surface area (TPSA) is 55.1 Å². The largest absolute Gasteiger partial charge is 0.330 e. The van der Waals surface area contributed by atoms with Crippen molar-refractivity contribution in [2.24, 2.45) is 17.6 Å². The molecule has 3 nitrogen and oxygen atoms in total. The molecule has 100 valence electrons. The van der Waals surface area contributed by atoms with Crippen LogP contribution in [0.5, 0.6) is 0 Å². The van der Waals surface area contributed by atoms with E-state index < -0.39 is 0 Å². The molecule has 1 aromatic carbocycles. The van der Waals surface area contributed by atoms with Crippen molar-refractivity contribution in [3.63, 3.8) is 0 Å². The second-order valence-electron chi connectivity index (χ2n) is 5.20. The fraction of sp³-hybridized carbons (Fsp3) is 0.400. The van der Waals surface area contributed by atoms with Gasteiger partial charge in [0.25, 0.3) is 0 Å². The maximum absolute atomic E-state index is 12.3. The van der Waals surface area contributed by atoms with Gasteiger partial charge in [0.1, 0.15) is 0 Å². The summed E-state index contributed by atoms with van der Waals surface area (Å²) < 4.78 is 1.25. The number of carbonyl (C=O) groups is 1. The summed E-state index contributed by atoms with van der Waals surface area (Å²) >= 11 is 1.71. The van der Waals surface area contributed by atoms with Gasteiger partial charge < -0.3 is 11.1 Å². The lowest BCUT2D eigenvalue weighted by Crippen LogP contribution is -2.29. The van der Waals surface area contributed by atoms with Crippen LogP contribution in [-0.2, 0) is 4.79 Å². The lowest BCUT2D eigenvalue weighted by atomic mass is 9.95. The number of hydrogen-bond acceptors (Lipinski definition) is 3. The molecule has 0 saturated heterocycles. The van der Waals surface area contributed by atoms with E-state index in [2.05, 4.69) is 22.8 Å². The highest BCUT2D eigenvalue weighted by Gasteiger charge is 2.31. The van der Waals surface area contributed by atoms with E-state index in [9.17, 15) is 4.79 Å². The molecule has 1 fully saturated rings. The van der Waals surface area contributed by atoms with Gasteiger partial charge in [-0.1, -0.05) is 6.42 Å². The molecule has 1 aliphatic carbocycles. The van der Waals surface area contributed by atoms with Gasteiger partial charge in [-0.3, -0.25) is 4.79 Å². The van der Waals surface area contributed by atoms with E-state index in [1.54, 1.807) is 11.3 Å². The predicted molar refractivity (Wildman–Crippen MR) is 80.3 cm³/mol. The lowest BCUT2D eigenvalue weighted by molar-refractivity contribution is -0.120. The molecule has 0 spiro atoms. The summed E-state index contributed by atoms with van der Waals surface area (Å²) in [7, 11) is 0. The van der Waals surface area contributed by atoms with Crippen LogP contribution in [0.15, 0.2) is 29.6 Å². The molecule has 19 heavy (non-hydrogen) atoms. The standard InChI is InChI=1S/C15H18N2OS/c16-9-11-2-1-3-13(11)15(18)17-12-4-5-14-10(8-12)6-7-19-14/h4-8,11,13H,1-3,9,16H2,(H,17,18). The van der Waals surface area contributed by atoms with Crippen LogP contribution in [0.2, 0.25) is 0 Å². The summed E-state index contributed by atoms with van der Waals surface area (Å²) in [5.41, 5.74) is 6.62. The molecule has 2 atom stereocenters. The number of benzene rings is 1. The minimum atomic E-state index is 0.0863. The van der Waals surface area contributed by atoms with E-state index in [0.717, 1.165) is 24.9 Å². The molecule has 0 radical (unpaired) electrons. The molecule has 2 aromatic rings. The molecule has 1 aliphatic rings. The van der Waals surface area contributed by atoms with Gasteiger partial charge in [-0.2, -0.15) is 0 Å². The van der Waals surface area contributed by atoms with Crippen molar-refractivity contribution >= 4 is 33.0 Å². The van der Waals surface area contributed by atoms with E-state index in [4.69, 9.17) is 5.73 Å². The van der Waals surface area contributed by atoms with Crippen molar-refractivity contribution in [1.82, 2.24) is 0 Å². The monoisotopic (exact) mass is 274 g/mol. The summed E-state index contributed by atoms with van der Waals surface area (Å²) in [6.07, 6.45) is 3.16. The van der Waals surface area contributed by atoms with E-state index in [0.29, 0.717) is 12.5 Å². The molecule has 3 N–H and O–H groups in total. The fourth-order valence-corrected chi connectivity index (χ4v) is 3.71. The number of carbonyl (C=O) groups excluding carboxylic acids is 1. The van der Waals surface area contributed by atoms with Gasteiger partial charge in [-0.25, -0.2) is 0 Å². The van der Waals surface area contributed by atoms with Gasteiger partial charge in [0, 0.05) is 16.3 Å². The van der Waals surface area contributed by atoms with E-state index in [1.165, 1.54) is 10.1 Å². The van der Waals surface area contributed by atoms with Gasteiger partial charge in [-0.05, 0) is 60.3 Å². The van der Waals surface area contributed by atoms with Crippen LogP contribution in [0.25, 0.3) is 10.1 Å². The summed E-state index contributed by atoms with van der Waals surface area (Å²) in [5, 5.41) is 6.29. The Hall–Kier alpha value is -1.39. The molecule has 0 bridgehead atoms. The SMILES string of the molecule is NCC1CCCC1C(=O)Nc1ccc2sccc2c1. The number of thiophene rings is 1. The van der Waals surface area contributed by atoms with Crippen LogP contribution in [0, 0.1) is 11.8 Å². The number of anilines is 1. The van der Waals surface area contributed by atoms with Gasteiger partial charge >= 0.3 is 0 Å². The number of fused-ring (bicyclic) bond motifs is 1. The van der Waals surface area contributed by atoms with Crippen LogP contribution in [-0.4, -0.2) is 12.5 Å². The van der Waals surface area contributed by atoms with Crippen LogP contribution < -0.4 is 11.1 Å². The van der Waals surface area contributed by atoms with Crippen LogP contribution in [0.1, 0.15) is 19.3 Å². The van der Waals surface area contributed by atoms with Crippen LogP contribution in [0.4, 0.5) is 5.69 Å². The molecule has 1 saturated carbocycles. The number of rotatable bonds is 3. The predicted octanol–water partition coefficient (Wildman–Crippen LogP) is 3.21. The van der Waals surface area contributed by atoms with Crippen molar-refractivity contribution in [3.05, 3.63) is 29.6 Å². The Kier molecular flexibility index (Phi) is 3.53. The number of nitrogens with one attached hydrogen (secondary N) is 1. The van der Waals surface area contributed by atoms with Crippen molar-refractivity contribution in [1.29, 1.82) is 0 Å². The molecule has 1 amide bonds. The van der Waals surface area contributed by atoms with E-state index in [1.807, 2.05) is 12.1 Å². The number of nitrogens with two attached hydrogens (primary N) is 1. The average molecular weight is 274 g/mol. The minimum absolute atomic E-state index is 0.0863. The zero-order valence-electron chi connectivity index (χ0n) is 10.8. The molecular formula is C15H18N2OS. The first-order valence-electron chi connectivity index (χ1n) is 6.76. The Morgan fingerprint density at radius 2 is 2.26 bits per heavy atom. The molecule has 2 unspecified atom stereocenters. The Bertz CT molecular complexity index is 593. The molecule has 4 heteroatoms. The Balaban J connectivity index is 1.74. The minimum Gasteiger partial charge on any atom is -0.330 e. The Labute approximate surface area is 116 Å².